The van der Waals surface area contributed by atoms with Gasteiger partial charge in [-0.25, -0.2) is 4.39 Å². The first-order valence-electron chi connectivity index (χ1n) is 8.66. The van der Waals surface area contributed by atoms with Crippen LogP contribution in [0.1, 0.15) is 49.7 Å². The van der Waals surface area contributed by atoms with Crippen LogP contribution in [-0.4, -0.2) is 25.8 Å². The van der Waals surface area contributed by atoms with Crippen molar-refractivity contribution < 1.29 is 23.3 Å². The second kappa shape index (κ2) is 9.25. The normalized spacial score (nSPS) is 24.9. The van der Waals surface area contributed by atoms with Crippen molar-refractivity contribution in [3.63, 3.8) is 0 Å². The van der Waals surface area contributed by atoms with Crippen molar-refractivity contribution in [3.05, 3.63) is 33.5 Å². The van der Waals surface area contributed by atoms with Gasteiger partial charge in [0.2, 0.25) is 0 Å². The van der Waals surface area contributed by atoms with Crippen molar-refractivity contribution in [2.45, 2.75) is 64.3 Å². The summed E-state index contributed by atoms with van der Waals surface area (Å²) in [7, 11) is 0. The van der Waals surface area contributed by atoms with E-state index < -0.39 is 0 Å². The third-order valence-corrected chi connectivity index (χ3v) is 5.12. The lowest BCUT2D eigenvalue weighted by atomic mass is 10.1. The molecule has 2 heterocycles. The molecule has 2 aliphatic rings. The minimum absolute atomic E-state index is 0.185. The van der Waals surface area contributed by atoms with E-state index in [0.29, 0.717) is 28.8 Å². The van der Waals surface area contributed by atoms with E-state index in [1.54, 1.807) is 6.07 Å². The van der Waals surface area contributed by atoms with Crippen LogP contribution < -0.4 is 0 Å². The van der Waals surface area contributed by atoms with Gasteiger partial charge in [-0.05, 0) is 44.6 Å². The second-order valence-corrected chi connectivity index (χ2v) is 7.07. The maximum atomic E-state index is 14.8. The minimum Gasteiger partial charge on any atom is -0.353 e. The van der Waals surface area contributed by atoms with Crippen molar-refractivity contribution in [3.8, 4) is 0 Å². The lowest BCUT2D eigenvalue weighted by molar-refractivity contribution is -0.170. The summed E-state index contributed by atoms with van der Waals surface area (Å²) in [6, 6.07) is 3.58. The van der Waals surface area contributed by atoms with E-state index in [0.717, 1.165) is 38.5 Å². The molecule has 0 amide bonds. The monoisotopic (exact) mass is 402 g/mol. The van der Waals surface area contributed by atoms with Crippen molar-refractivity contribution in [1.82, 2.24) is 0 Å². The highest BCUT2D eigenvalue weighted by Crippen LogP contribution is 2.26. The van der Waals surface area contributed by atoms with Gasteiger partial charge in [0.15, 0.2) is 12.6 Å². The number of benzene rings is 1. The Morgan fingerprint density at radius 1 is 0.958 bits per heavy atom. The Hall–Kier alpha value is -0.530. The molecular weight excluding hydrogens is 379 g/mol. The van der Waals surface area contributed by atoms with Gasteiger partial charge in [-0.15, -0.1) is 0 Å². The van der Waals surface area contributed by atoms with E-state index in [9.17, 15) is 4.39 Å². The zero-order valence-electron chi connectivity index (χ0n) is 13.8. The molecule has 134 valence electrons. The Morgan fingerprint density at radius 2 is 1.58 bits per heavy atom. The summed E-state index contributed by atoms with van der Waals surface area (Å²) < 4.78 is 38.0. The number of rotatable bonds is 6. The fourth-order valence-corrected chi connectivity index (χ4v) is 3.35. The average molecular weight is 403 g/mol. The zero-order chi connectivity index (χ0) is 16.8. The predicted molar refractivity (Wildman–Crippen MR) is 90.9 cm³/mol. The molecule has 0 saturated carbocycles. The molecule has 0 aromatic heterocycles. The van der Waals surface area contributed by atoms with Gasteiger partial charge >= 0.3 is 0 Å². The lowest BCUT2D eigenvalue weighted by Gasteiger charge is -2.24. The van der Waals surface area contributed by atoms with Gasteiger partial charge in [0, 0.05) is 28.8 Å². The third-order valence-electron chi connectivity index (χ3n) is 4.38. The molecular formula is C18H24BrFO4. The highest BCUT2D eigenvalue weighted by atomic mass is 79.9. The van der Waals surface area contributed by atoms with Crippen LogP contribution in [0.3, 0.4) is 0 Å². The molecule has 0 bridgehead atoms. The molecule has 3 rings (SSSR count). The van der Waals surface area contributed by atoms with Crippen LogP contribution in [0.2, 0.25) is 0 Å². The van der Waals surface area contributed by atoms with Crippen molar-refractivity contribution in [1.29, 1.82) is 0 Å². The Morgan fingerprint density at radius 3 is 2.17 bits per heavy atom. The van der Waals surface area contributed by atoms with Gasteiger partial charge in [-0.1, -0.05) is 22.0 Å². The first-order valence-corrected chi connectivity index (χ1v) is 9.45. The summed E-state index contributed by atoms with van der Waals surface area (Å²) in [5.41, 5.74) is 1.03. The van der Waals surface area contributed by atoms with Crippen LogP contribution in [0.25, 0.3) is 0 Å². The molecule has 2 aliphatic heterocycles. The molecule has 2 saturated heterocycles. The maximum Gasteiger partial charge on any atom is 0.158 e. The average Bonchev–Trinajstić information content (AvgIpc) is 2.63. The number of halogens is 2. The number of ether oxygens (including phenoxy) is 4. The first-order chi connectivity index (χ1) is 11.7. The van der Waals surface area contributed by atoms with Crippen molar-refractivity contribution in [2.24, 2.45) is 0 Å². The molecule has 1 aromatic carbocycles. The Kier molecular flexibility index (Phi) is 7.04. The van der Waals surface area contributed by atoms with E-state index in [-0.39, 0.29) is 31.6 Å². The van der Waals surface area contributed by atoms with E-state index in [4.69, 9.17) is 18.9 Å². The Bertz CT molecular complexity index is 528. The first kappa shape index (κ1) is 18.3. The highest BCUT2D eigenvalue weighted by molar-refractivity contribution is 9.10. The number of hydrogen-bond acceptors (Lipinski definition) is 4. The molecule has 2 unspecified atom stereocenters. The fourth-order valence-electron chi connectivity index (χ4n) is 2.93. The van der Waals surface area contributed by atoms with Gasteiger partial charge < -0.3 is 18.9 Å². The van der Waals surface area contributed by atoms with Crippen LogP contribution in [-0.2, 0) is 32.2 Å². The summed E-state index contributed by atoms with van der Waals surface area (Å²) in [6.07, 6.45) is 5.58. The van der Waals surface area contributed by atoms with E-state index in [1.165, 1.54) is 0 Å². The SMILES string of the molecule is Fc1c(COC2CCCCO2)ccc(Br)c1COC1CCCCO1. The Balaban J connectivity index is 1.58. The summed E-state index contributed by atoms with van der Waals surface area (Å²) in [4.78, 5) is 0. The van der Waals surface area contributed by atoms with E-state index in [1.807, 2.05) is 6.07 Å². The lowest BCUT2D eigenvalue weighted by Crippen LogP contribution is -2.23. The van der Waals surface area contributed by atoms with E-state index >= 15 is 0 Å². The second-order valence-electron chi connectivity index (χ2n) is 6.21. The fraction of sp³-hybridized carbons (Fsp3) is 0.667. The molecule has 6 heteroatoms. The van der Waals surface area contributed by atoms with Gasteiger partial charge in [-0.2, -0.15) is 0 Å². The van der Waals surface area contributed by atoms with E-state index in [2.05, 4.69) is 15.9 Å². The van der Waals surface area contributed by atoms with Crippen LogP contribution in [0.4, 0.5) is 4.39 Å². The molecule has 2 atom stereocenters. The van der Waals surface area contributed by atoms with Crippen LogP contribution >= 0.6 is 15.9 Å². The van der Waals surface area contributed by atoms with Gasteiger partial charge in [0.25, 0.3) is 0 Å². The minimum atomic E-state index is -0.281. The van der Waals surface area contributed by atoms with Crippen LogP contribution in [0, 0.1) is 5.82 Å². The Labute approximate surface area is 150 Å². The third kappa shape index (κ3) is 4.99. The van der Waals surface area contributed by atoms with Crippen molar-refractivity contribution >= 4 is 15.9 Å². The molecule has 2 fully saturated rings. The topological polar surface area (TPSA) is 36.9 Å². The molecule has 24 heavy (non-hydrogen) atoms. The summed E-state index contributed by atoms with van der Waals surface area (Å²) in [5, 5.41) is 0. The summed E-state index contributed by atoms with van der Waals surface area (Å²) >= 11 is 3.41. The predicted octanol–water partition coefficient (Wildman–Crippen LogP) is 4.67. The maximum absolute atomic E-state index is 14.8. The van der Waals surface area contributed by atoms with Crippen LogP contribution in [0.5, 0.6) is 0 Å². The van der Waals surface area contributed by atoms with Gasteiger partial charge in [0.05, 0.1) is 13.2 Å². The number of hydrogen-bond donors (Lipinski definition) is 0. The molecule has 0 radical (unpaired) electrons. The standard InChI is InChI=1S/C18H24BrFO4/c19-15-8-7-13(11-23-16-5-1-3-9-21-16)18(20)14(15)12-24-17-6-2-4-10-22-17/h7-8,16-17H,1-6,9-12H2. The van der Waals surface area contributed by atoms with Gasteiger partial charge in [-0.3, -0.25) is 0 Å². The largest absolute Gasteiger partial charge is 0.353 e. The summed E-state index contributed by atoms with van der Waals surface area (Å²) in [6.45, 7) is 1.82. The summed E-state index contributed by atoms with van der Waals surface area (Å²) in [5.74, 6) is -0.281. The molecule has 0 N–H and O–H groups in total. The van der Waals surface area contributed by atoms with Crippen LogP contribution in [0.15, 0.2) is 16.6 Å². The zero-order valence-corrected chi connectivity index (χ0v) is 15.4. The van der Waals surface area contributed by atoms with Crippen molar-refractivity contribution in [2.75, 3.05) is 13.2 Å². The quantitative estimate of drug-likeness (QED) is 0.692. The molecule has 4 nitrogen and oxygen atoms in total. The molecule has 0 spiro atoms. The molecule has 1 aromatic rings. The highest BCUT2D eigenvalue weighted by Gasteiger charge is 2.19. The van der Waals surface area contributed by atoms with Gasteiger partial charge in [0.1, 0.15) is 5.82 Å². The smallest absolute Gasteiger partial charge is 0.158 e. The molecule has 0 aliphatic carbocycles.